The number of thiophene rings is 1. The number of hydrogen-bond acceptors (Lipinski definition) is 3. The van der Waals surface area contributed by atoms with Crippen molar-refractivity contribution >= 4 is 27.3 Å². The van der Waals surface area contributed by atoms with Crippen LogP contribution in [0.2, 0.25) is 0 Å². The Bertz CT molecular complexity index is 430. The average molecular weight is 359 g/mol. The van der Waals surface area contributed by atoms with Gasteiger partial charge in [0.2, 0.25) is 0 Å². The Morgan fingerprint density at radius 1 is 1.50 bits per heavy atom. The van der Waals surface area contributed by atoms with Crippen LogP contribution in [0.25, 0.3) is 0 Å². The average Bonchev–Trinajstić information content (AvgIpc) is 2.73. The molecule has 1 aromatic heterocycles. The highest BCUT2D eigenvalue weighted by Gasteiger charge is 2.34. The van der Waals surface area contributed by atoms with Crippen molar-refractivity contribution in [3.63, 3.8) is 0 Å². The molecular formula is C16H27BrN2S. The van der Waals surface area contributed by atoms with Gasteiger partial charge in [0, 0.05) is 19.1 Å². The molecule has 1 heterocycles. The molecular weight excluding hydrogens is 332 g/mol. The van der Waals surface area contributed by atoms with Crippen molar-refractivity contribution in [1.29, 1.82) is 0 Å². The van der Waals surface area contributed by atoms with Gasteiger partial charge in [-0.2, -0.15) is 0 Å². The molecule has 1 saturated carbocycles. The van der Waals surface area contributed by atoms with Crippen LogP contribution >= 0.6 is 27.3 Å². The van der Waals surface area contributed by atoms with E-state index in [0.29, 0.717) is 11.5 Å². The van der Waals surface area contributed by atoms with E-state index in [4.69, 9.17) is 0 Å². The molecule has 0 aliphatic heterocycles. The number of hydrogen-bond donors (Lipinski definition) is 1. The SMILES string of the molecule is CNC1CCC(C)(C)CC1CN(C)Cc1csc(Br)c1. The molecule has 0 amide bonds. The molecule has 2 unspecified atom stereocenters. The molecule has 0 saturated heterocycles. The number of nitrogens with zero attached hydrogens (tertiary/aromatic N) is 1. The van der Waals surface area contributed by atoms with Crippen LogP contribution in [-0.4, -0.2) is 31.6 Å². The van der Waals surface area contributed by atoms with Crippen molar-refractivity contribution < 1.29 is 0 Å². The van der Waals surface area contributed by atoms with E-state index in [-0.39, 0.29) is 0 Å². The molecule has 1 N–H and O–H groups in total. The maximum absolute atomic E-state index is 3.55. The molecule has 2 rings (SSSR count). The fraction of sp³-hybridized carbons (Fsp3) is 0.750. The van der Waals surface area contributed by atoms with Gasteiger partial charge in [0.15, 0.2) is 0 Å². The molecule has 2 nitrogen and oxygen atoms in total. The summed E-state index contributed by atoms with van der Waals surface area (Å²) in [6, 6.07) is 2.92. The molecule has 114 valence electrons. The molecule has 0 aromatic carbocycles. The van der Waals surface area contributed by atoms with E-state index >= 15 is 0 Å². The highest BCUT2D eigenvalue weighted by atomic mass is 79.9. The normalized spacial score (nSPS) is 26.1. The summed E-state index contributed by atoms with van der Waals surface area (Å²) >= 11 is 5.32. The van der Waals surface area contributed by atoms with E-state index in [1.807, 2.05) is 0 Å². The van der Waals surface area contributed by atoms with E-state index in [1.165, 1.54) is 35.2 Å². The third kappa shape index (κ3) is 4.55. The molecule has 0 bridgehead atoms. The standard InChI is InChI=1S/C16H27BrN2S/c1-16(2)6-5-14(18-3)13(8-16)10-19(4)9-12-7-15(17)20-11-12/h7,11,13-14,18H,5-6,8-10H2,1-4H3. The van der Waals surface area contributed by atoms with Crippen LogP contribution in [-0.2, 0) is 6.54 Å². The fourth-order valence-electron chi connectivity index (χ4n) is 3.51. The lowest BCUT2D eigenvalue weighted by molar-refractivity contribution is 0.110. The molecule has 0 spiro atoms. The largest absolute Gasteiger partial charge is 0.317 e. The molecule has 1 aliphatic rings. The smallest absolute Gasteiger partial charge is 0.0701 e. The number of nitrogens with one attached hydrogen (secondary N) is 1. The molecule has 20 heavy (non-hydrogen) atoms. The first kappa shape index (κ1) is 16.5. The van der Waals surface area contributed by atoms with E-state index in [0.717, 1.165) is 12.5 Å². The topological polar surface area (TPSA) is 15.3 Å². The minimum absolute atomic E-state index is 0.504. The van der Waals surface area contributed by atoms with Crippen LogP contribution < -0.4 is 5.32 Å². The van der Waals surface area contributed by atoms with Gasteiger partial charge in [0.1, 0.15) is 0 Å². The first-order chi connectivity index (χ1) is 9.39. The quantitative estimate of drug-likeness (QED) is 0.841. The summed E-state index contributed by atoms with van der Waals surface area (Å²) in [4.78, 5) is 2.48. The zero-order valence-corrected chi connectivity index (χ0v) is 15.5. The lowest BCUT2D eigenvalue weighted by Crippen LogP contribution is -2.45. The summed E-state index contributed by atoms with van der Waals surface area (Å²) in [6.45, 7) is 7.07. The second kappa shape index (κ2) is 6.91. The molecule has 1 aromatic rings. The van der Waals surface area contributed by atoms with Gasteiger partial charge in [-0.1, -0.05) is 13.8 Å². The first-order valence-corrected chi connectivity index (χ1v) is 9.15. The van der Waals surface area contributed by atoms with Gasteiger partial charge in [-0.15, -0.1) is 11.3 Å². The molecule has 0 radical (unpaired) electrons. The van der Waals surface area contributed by atoms with Crippen LogP contribution in [0.3, 0.4) is 0 Å². The first-order valence-electron chi connectivity index (χ1n) is 7.48. The Kier molecular flexibility index (Phi) is 5.69. The number of rotatable bonds is 5. The summed E-state index contributed by atoms with van der Waals surface area (Å²) < 4.78 is 1.23. The highest BCUT2D eigenvalue weighted by Crippen LogP contribution is 2.39. The summed E-state index contributed by atoms with van der Waals surface area (Å²) in [5.41, 5.74) is 1.92. The monoisotopic (exact) mass is 358 g/mol. The van der Waals surface area contributed by atoms with E-state index in [1.54, 1.807) is 11.3 Å². The van der Waals surface area contributed by atoms with Crippen molar-refractivity contribution in [2.24, 2.45) is 11.3 Å². The summed E-state index contributed by atoms with van der Waals surface area (Å²) in [7, 11) is 4.37. The van der Waals surface area contributed by atoms with Crippen molar-refractivity contribution in [2.45, 2.75) is 45.7 Å². The van der Waals surface area contributed by atoms with Crippen molar-refractivity contribution in [2.75, 3.05) is 20.6 Å². The zero-order chi connectivity index (χ0) is 14.8. The van der Waals surface area contributed by atoms with E-state index < -0.39 is 0 Å². The molecule has 4 heteroatoms. The Balaban J connectivity index is 1.92. The molecule has 1 fully saturated rings. The van der Waals surface area contributed by atoms with Crippen LogP contribution in [0.15, 0.2) is 15.2 Å². The van der Waals surface area contributed by atoms with Crippen LogP contribution in [0.1, 0.15) is 38.7 Å². The fourth-order valence-corrected chi connectivity index (χ4v) is 4.71. The Labute approximate surface area is 136 Å². The van der Waals surface area contributed by atoms with E-state index in [9.17, 15) is 0 Å². The van der Waals surface area contributed by atoms with Gasteiger partial charge < -0.3 is 10.2 Å². The van der Waals surface area contributed by atoms with Crippen molar-refractivity contribution in [1.82, 2.24) is 10.2 Å². The third-order valence-electron chi connectivity index (χ3n) is 4.51. The lowest BCUT2D eigenvalue weighted by Gasteiger charge is -2.42. The maximum atomic E-state index is 3.55. The van der Waals surface area contributed by atoms with Gasteiger partial charge in [0.25, 0.3) is 0 Å². The third-order valence-corrected chi connectivity index (χ3v) is 6.06. The van der Waals surface area contributed by atoms with Gasteiger partial charge in [-0.05, 0) is 77.6 Å². The Morgan fingerprint density at radius 3 is 2.85 bits per heavy atom. The summed E-state index contributed by atoms with van der Waals surface area (Å²) in [5, 5.41) is 5.78. The van der Waals surface area contributed by atoms with E-state index in [2.05, 4.69) is 65.5 Å². The predicted octanol–water partition coefficient (Wildman–Crippen LogP) is 4.36. The number of halogens is 1. The van der Waals surface area contributed by atoms with Gasteiger partial charge in [-0.25, -0.2) is 0 Å². The summed E-state index contributed by atoms with van der Waals surface area (Å²) in [5.74, 6) is 0.760. The van der Waals surface area contributed by atoms with Gasteiger partial charge >= 0.3 is 0 Å². The maximum Gasteiger partial charge on any atom is 0.0701 e. The zero-order valence-electron chi connectivity index (χ0n) is 13.1. The molecule has 2 atom stereocenters. The Hall–Kier alpha value is 0.100. The summed E-state index contributed by atoms with van der Waals surface area (Å²) in [6.07, 6.45) is 3.98. The van der Waals surface area contributed by atoms with Gasteiger partial charge in [0.05, 0.1) is 3.79 Å². The van der Waals surface area contributed by atoms with Crippen LogP contribution in [0, 0.1) is 11.3 Å². The second-order valence-electron chi connectivity index (χ2n) is 7.02. The van der Waals surface area contributed by atoms with Gasteiger partial charge in [-0.3, -0.25) is 0 Å². The highest BCUT2D eigenvalue weighted by molar-refractivity contribution is 9.11. The predicted molar refractivity (Wildman–Crippen MR) is 92.3 cm³/mol. The minimum atomic E-state index is 0.504. The van der Waals surface area contributed by atoms with Crippen LogP contribution in [0.5, 0.6) is 0 Å². The second-order valence-corrected chi connectivity index (χ2v) is 9.31. The minimum Gasteiger partial charge on any atom is -0.317 e. The van der Waals surface area contributed by atoms with Crippen molar-refractivity contribution in [3.05, 3.63) is 20.8 Å². The Morgan fingerprint density at radius 2 is 2.25 bits per heavy atom. The lowest BCUT2D eigenvalue weighted by atomic mass is 9.69. The van der Waals surface area contributed by atoms with Crippen molar-refractivity contribution in [3.8, 4) is 0 Å². The molecule has 1 aliphatic carbocycles. The van der Waals surface area contributed by atoms with Crippen LogP contribution in [0.4, 0.5) is 0 Å².